The van der Waals surface area contributed by atoms with Crippen LogP contribution in [0.15, 0.2) is 24.3 Å². The van der Waals surface area contributed by atoms with Gasteiger partial charge in [0.2, 0.25) is 5.91 Å². The molecule has 0 saturated carbocycles. The molecule has 1 aromatic carbocycles. The molecule has 3 heterocycles. The zero-order chi connectivity index (χ0) is 14.9. The van der Waals surface area contributed by atoms with Crippen molar-refractivity contribution in [1.82, 2.24) is 15.2 Å². The smallest absolute Gasteiger partial charge is 0.224 e. The minimum absolute atomic E-state index is 0.186. The molecule has 0 aliphatic carbocycles. The van der Waals surface area contributed by atoms with E-state index in [-0.39, 0.29) is 6.04 Å². The highest BCUT2D eigenvalue weighted by atomic mass is 32.1. The molecule has 0 spiro atoms. The maximum atomic E-state index is 12.7. The third kappa shape index (κ3) is 2.63. The molecule has 2 saturated heterocycles. The molecule has 1 N–H and O–H groups in total. The molecule has 0 radical (unpaired) electrons. The predicted octanol–water partition coefficient (Wildman–Crippen LogP) is 3.10. The monoisotopic (exact) mass is 315 g/mol. The standard InChI is InChI=1S/C17H21N3OS/c21-16(11-12-5-3-9-18-12)20-10-4-7-14(20)17-19-13-6-1-2-8-15(13)22-17/h1-2,6,8,12,14,18H,3-5,7,9-11H2. The Labute approximate surface area is 134 Å². The highest BCUT2D eigenvalue weighted by Gasteiger charge is 2.33. The van der Waals surface area contributed by atoms with Crippen molar-refractivity contribution in [2.75, 3.05) is 13.1 Å². The number of nitrogens with one attached hydrogen (secondary N) is 1. The molecule has 2 aromatic rings. The zero-order valence-electron chi connectivity index (χ0n) is 12.6. The average Bonchev–Trinajstić information content (AvgIpc) is 3.26. The Morgan fingerprint density at radius 3 is 3.05 bits per heavy atom. The summed E-state index contributed by atoms with van der Waals surface area (Å²) >= 11 is 1.74. The summed E-state index contributed by atoms with van der Waals surface area (Å²) in [6.07, 6.45) is 5.10. The molecule has 116 valence electrons. The van der Waals surface area contributed by atoms with Crippen molar-refractivity contribution in [3.63, 3.8) is 0 Å². The molecule has 1 aromatic heterocycles. The normalized spacial score (nSPS) is 25.2. The highest BCUT2D eigenvalue weighted by Crippen LogP contribution is 2.36. The van der Waals surface area contributed by atoms with E-state index in [2.05, 4.69) is 22.3 Å². The van der Waals surface area contributed by atoms with Crippen LogP contribution in [0.2, 0.25) is 0 Å². The predicted molar refractivity (Wildman–Crippen MR) is 88.9 cm³/mol. The fraction of sp³-hybridized carbons (Fsp3) is 0.529. The van der Waals surface area contributed by atoms with Gasteiger partial charge in [0.25, 0.3) is 0 Å². The van der Waals surface area contributed by atoms with E-state index in [4.69, 9.17) is 4.98 Å². The first-order valence-corrected chi connectivity index (χ1v) is 9.01. The molecular weight excluding hydrogens is 294 g/mol. The molecule has 2 atom stereocenters. The van der Waals surface area contributed by atoms with E-state index >= 15 is 0 Å². The minimum atomic E-state index is 0.186. The molecule has 4 rings (SSSR count). The Balaban J connectivity index is 1.53. The van der Waals surface area contributed by atoms with Gasteiger partial charge in [-0.05, 0) is 44.4 Å². The summed E-state index contributed by atoms with van der Waals surface area (Å²) in [7, 11) is 0. The lowest BCUT2D eigenvalue weighted by Gasteiger charge is -2.24. The maximum absolute atomic E-state index is 12.7. The molecule has 2 aliphatic rings. The second-order valence-corrected chi connectivity index (χ2v) is 7.32. The van der Waals surface area contributed by atoms with Gasteiger partial charge in [-0.25, -0.2) is 4.98 Å². The van der Waals surface area contributed by atoms with Gasteiger partial charge in [-0.2, -0.15) is 0 Å². The first-order valence-electron chi connectivity index (χ1n) is 8.19. The van der Waals surface area contributed by atoms with Gasteiger partial charge >= 0.3 is 0 Å². The Morgan fingerprint density at radius 1 is 1.32 bits per heavy atom. The number of amides is 1. The zero-order valence-corrected chi connectivity index (χ0v) is 13.4. The van der Waals surface area contributed by atoms with Gasteiger partial charge in [0, 0.05) is 19.0 Å². The van der Waals surface area contributed by atoms with Crippen LogP contribution < -0.4 is 5.32 Å². The molecule has 1 amide bonds. The fourth-order valence-electron chi connectivity index (χ4n) is 3.61. The molecule has 4 nitrogen and oxygen atoms in total. The number of hydrogen-bond donors (Lipinski definition) is 1. The highest BCUT2D eigenvalue weighted by molar-refractivity contribution is 7.18. The molecule has 2 aliphatic heterocycles. The number of rotatable bonds is 3. The Bertz CT molecular complexity index is 644. The van der Waals surface area contributed by atoms with Crippen LogP contribution in [0, 0.1) is 0 Å². The van der Waals surface area contributed by atoms with Crippen LogP contribution in [0.5, 0.6) is 0 Å². The summed E-state index contributed by atoms with van der Waals surface area (Å²) in [5, 5.41) is 4.53. The van der Waals surface area contributed by atoms with Crippen molar-refractivity contribution >= 4 is 27.5 Å². The van der Waals surface area contributed by atoms with E-state index < -0.39 is 0 Å². The lowest BCUT2D eigenvalue weighted by molar-refractivity contribution is -0.132. The average molecular weight is 315 g/mol. The van der Waals surface area contributed by atoms with Gasteiger partial charge in [-0.3, -0.25) is 4.79 Å². The van der Waals surface area contributed by atoms with Gasteiger partial charge < -0.3 is 10.2 Å². The number of thiazole rings is 1. The van der Waals surface area contributed by atoms with Gasteiger partial charge in [0.05, 0.1) is 16.3 Å². The third-order valence-electron chi connectivity index (χ3n) is 4.75. The Morgan fingerprint density at radius 2 is 2.23 bits per heavy atom. The van der Waals surface area contributed by atoms with E-state index in [1.54, 1.807) is 11.3 Å². The molecule has 2 unspecified atom stereocenters. The van der Waals surface area contributed by atoms with Gasteiger partial charge in [0.1, 0.15) is 5.01 Å². The summed E-state index contributed by atoms with van der Waals surface area (Å²) in [5.74, 6) is 0.293. The number of hydrogen-bond acceptors (Lipinski definition) is 4. The minimum Gasteiger partial charge on any atom is -0.333 e. The van der Waals surface area contributed by atoms with E-state index in [1.807, 2.05) is 12.1 Å². The van der Waals surface area contributed by atoms with Gasteiger partial charge in [0.15, 0.2) is 0 Å². The fourth-order valence-corrected chi connectivity index (χ4v) is 4.73. The summed E-state index contributed by atoms with van der Waals surface area (Å²) in [6.45, 7) is 1.94. The number of carbonyl (C=O) groups is 1. The van der Waals surface area contributed by atoms with Crippen LogP contribution >= 0.6 is 11.3 Å². The molecule has 5 heteroatoms. The second kappa shape index (κ2) is 5.97. The van der Waals surface area contributed by atoms with E-state index in [1.165, 1.54) is 11.1 Å². The number of likely N-dealkylation sites (tertiary alicyclic amines) is 1. The maximum Gasteiger partial charge on any atom is 0.224 e. The quantitative estimate of drug-likeness (QED) is 0.946. The molecular formula is C17H21N3OS. The Hall–Kier alpha value is -1.46. The van der Waals surface area contributed by atoms with Crippen molar-refractivity contribution in [3.05, 3.63) is 29.3 Å². The third-order valence-corrected chi connectivity index (χ3v) is 5.89. The van der Waals surface area contributed by atoms with Crippen LogP contribution in [-0.2, 0) is 4.79 Å². The number of fused-ring (bicyclic) bond motifs is 1. The van der Waals surface area contributed by atoms with Crippen LogP contribution in [0.4, 0.5) is 0 Å². The van der Waals surface area contributed by atoms with Gasteiger partial charge in [-0.1, -0.05) is 12.1 Å². The van der Waals surface area contributed by atoms with Crippen LogP contribution in [0.3, 0.4) is 0 Å². The number of carbonyl (C=O) groups excluding carboxylic acids is 1. The SMILES string of the molecule is O=C(CC1CCCN1)N1CCCC1c1nc2ccccc2s1. The molecule has 22 heavy (non-hydrogen) atoms. The number of benzene rings is 1. The molecule has 0 bridgehead atoms. The van der Waals surface area contributed by atoms with Crippen LogP contribution in [-0.4, -0.2) is 34.9 Å². The van der Waals surface area contributed by atoms with Crippen molar-refractivity contribution < 1.29 is 4.79 Å². The summed E-state index contributed by atoms with van der Waals surface area (Å²) in [6, 6.07) is 8.80. The number of aromatic nitrogens is 1. The topological polar surface area (TPSA) is 45.2 Å². The lowest BCUT2D eigenvalue weighted by atomic mass is 10.1. The van der Waals surface area contributed by atoms with Crippen molar-refractivity contribution in [2.45, 2.75) is 44.2 Å². The number of para-hydroxylation sites is 1. The molecule has 2 fully saturated rings. The van der Waals surface area contributed by atoms with Gasteiger partial charge in [-0.15, -0.1) is 11.3 Å². The first kappa shape index (κ1) is 14.2. The van der Waals surface area contributed by atoms with E-state index in [0.29, 0.717) is 18.4 Å². The van der Waals surface area contributed by atoms with Crippen LogP contribution in [0.25, 0.3) is 10.2 Å². The van der Waals surface area contributed by atoms with E-state index in [0.717, 1.165) is 42.9 Å². The van der Waals surface area contributed by atoms with Crippen molar-refractivity contribution in [2.24, 2.45) is 0 Å². The largest absolute Gasteiger partial charge is 0.333 e. The summed E-state index contributed by atoms with van der Waals surface area (Å²) in [5.41, 5.74) is 1.05. The Kier molecular flexibility index (Phi) is 3.84. The summed E-state index contributed by atoms with van der Waals surface area (Å²) in [4.78, 5) is 19.5. The first-order chi connectivity index (χ1) is 10.8. The number of nitrogens with zero attached hydrogens (tertiary/aromatic N) is 2. The van der Waals surface area contributed by atoms with E-state index in [9.17, 15) is 4.79 Å². The summed E-state index contributed by atoms with van der Waals surface area (Å²) < 4.78 is 1.22. The van der Waals surface area contributed by atoms with Crippen molar-refractivity contribution in [1.29, 1.82) is 0 Å². The lowest BCUT2D eigenvalue weighted by Crippen LogP contribution is -2.35. The van der Waals surface area contributed by atoms with Crippen molar-refractivity contribution in [3.8, 4) is 0 Å². The van der Waals surface area contributed by atoms with Crippen LogP contribution in [0.1, 0.15) is 43.2 Å². The second-order valence-electron chi connectivity index (χ2n) is 6.26.